The number of halogens is 1. The molecular formula is C20H21FN2O5S. The highest BCUT2D eigenvalue weighted by molar-refractivity contribution is 7.88. The summed E-state index contributed by atoms with van der Waals surface area (Å²) in [7, 11) is -3.52. The number of hydrogen-bond acceptors (Lipinski definition) is 5. The van der Waals surface area contributed by atoms with Crippen molar-refractivity contribution in [3.05, 3.63) is 53.8 Å². The van der Waals surface area contributed by atoms with Crippen LogP contribution >= 0.6 is 0 Å². The van der Waals surface area contributed by atoms with Crippen LogP contribution in [0, 0.1) is 11.7 Å². The van der Waals surface area contributed by atoms with Crippen LogP contribution in [0.4, 0.5) is 10.1 Å². The zero-order valence-electron chi connectivity index (χ0n) is 15.6. The highest BCUT2D eigenvalue weighted by Crippen LogP contribution is 2.34. The van der Waals surface area contributed by atoms with Crippen molar-refractivity contribution in [3.8, 4) is 11.5 Å². The Kier molecular flexibility index (Phi) is 5.42. The molecule has 0 atom stereocenters. The van der Waals surface area contributed by atoms with Gasteiger partial charge in [0, 0.05) is 30.8 Å². The third kappa shape index (κ3) is 4.51. The van der Waals surface area contributed by atoms with Crippen molar-refractivity contribution in [3.63, 3.8) is 0 Å². The fourth-order valence-electron chi connectivity index (χ4n) is 3.50. The van der Waals surface area contributed by atoms with E-state index in [1.165, 1.54) is 28.6 Å². The Labute approximate surface area is 168 Å². The summed E-state index contributed by atoms with van der Waals surface area (Å²) >= 11 is 0. The Bertz CT molecular complexity index is 1000. The van der Waals surface area contributed by atoms with E-state index < -0.39 is 15.8 Å². The van der Waals surface area contributed by atoms with Crippen molar-refractivity contribution in [2.45, 2.75) is 18.6 Å². The van der Waals surface area contributed by atoms with Gasteiger partial charge in [0.05, 0.1) is 5.75 Å². The molecule has 1 amide bonds. The SMILES string of the molecule is O=C(Nc1ccc2c(c1)OCO2)C1CCN(S(=O)(=O)Cc2ccc(F)cc2)CC1. The Morgan fingerprint density at radius 3 is 2.48 bits per heavy atom. The van der Waals surface area contributed by atoms with Crippen molar-refractivity contribution in [2.24, 2.45) is 5.92 Å². The number of carbonyl (C=O) groups excluding carboxylic acids is 1. The molecule has 154 valence electrons. The molecule has 0 aliphatic carbocycles. The van der Waals surface area contributed by atoms with Gasteiger partial charge in [0.2, 0.25) is 22.7 Å². The van der Waals surface area contributed by atoms with Crippen LogP contribution in [0.1, 0.15) is 18.4 Å². The normalized spacial score (nSPS) is 17.3. The number of hydrogen-bond donors (Lipinski definition) is 1. The Balaban J connectivity index is 1.32. The van der Waals surface area contributed by atoms with E-state index in [2.05, 4.69) is 5.32 Å². The summed E-state index contributed by atoms with van der Waals surface area (Å²) in [5, 5.41) is 2.86. The van der Waals surface area contributed by atoms with Gasteiger partial charge in [-0.2, -0.15) is 0 Å². The van der Waals surface area contributed by atoms with E-state index in [0.29, 0.717) is 35.6 Å². The number of sulfonamides is 1. The number of nitrogens with one attached hydrogen (secondary N) is 1. The number of nitrogens with zero attached hydrogens (tertiary/aromatic N) is 1. The minimum absolute atomic E-state index is 0.139. The predicted octanol–water partition coefficient (Wildman–Crippen LogP) is 2.73. The Morgan fingerprint density at radius 1 is 1.07 bits per heavy atom. The summed E-state index contributed by atoms with van der Waals surface area (Å²) in [5.74, 6) is 0.242. The van der Waals surface area contributed by atoms with Crippen LogP contribution in [0.5, 0.6) is 11.5 Å². The zero-order valence-corrected chi connectivity index (χ0v) is 16.5. The maximum absolute atomic E-state index is 13.0. The van der Waals surface area contributed by atoms with E-state index in [1.807, 2.05) is 0 Å². The molecule has 1 fully saturated rings. The molecular weight excluding hydrogens is 399 g/mol. The van der Waals surface area contributed by atoms with Crippen molar-refractivity contribution in [1.29, 1.82) is 0 Å². The van der Waals surface area contributed by atoms with Gasteiger partial charge in [0.25, 0.3) is 0 Å². The third-order valence-corrected chi connectivity index (χ3v) is 6.97. The third-order valence-electron chi connectivity index (χ3n) is 5.12. The molecule has 7 nitrogen and oxygen atoms in total. The molecule has 0 radical (unpaired) electrons. The molecule has 2 aromatic rings. The van der Waals surface area contributed by atoms with Crippen molar-refractivity contribution in [1.82, 2.24) is 4.31 Å². The fraction of sp³-hybridized carbons (Fsp3) is 0.350. The van der Waals surface area contributed by atoms with Crippen molar-refractivity contribution in [2.75, 3.05) is 25.2 Å². The number of benzene rings is 2. The minimum Gasteiger partial charge on any atom is -0.454 e. The minimum atomic E-state index is -3.52. The maximum atomic E-state index is 13.0. The lowest BCUT2D eigenvalue weighted by Crippen LogP contribution is -2.41. The summed E-state index contributed by atoms with van der Waals surface area (Å²) in [6.07, 6.45) is 0.887. The van der Waals surface area contributed by atoms with E-state index in [0.717, 1.165) is 0 Å². The molecule has 0 unspecified atom stereocenters. The molecule has 0 spiro atoms. The molecule has 9 heteroatoms. The van der Waals surface area contributed by atoms with Crippen LogP contribution in [-0.2, 0) is 20.6 Å². The van der Waals surface area contributed by atoms with E-state index >= 15 is 0 Å². The van der Waals surface area contributed by atoms with E-state index in [-0.39, 0.29) is 37.5 Å². The number of carbonyl (C=O) groups is 1. The van der Waals surface area contributed by atoms with Gasteiger partial charge in [-0.05, 0) is 42.7 Å². The van der Waals surface area contributed by atoms with Crippen molar-refractivity contribution >= 4 is 21.6 Å². The average Bonchev–Trinajstić information content (AvgIpc) is 3.17. The Morgan fingerprint density at radius 2 is 1.76 bits per heavy atom. The first-order valence-corrected chi connectivity index (χ1v) is 10.9. The molecule has 2 aliphatic heterocycles. The topological polar surface area (TPSA) is 84.9 Å². The summed E-state index contributed by atoms with van der Waals surface area (Å²) in [6.45, 7) is 0.725. The second kappa shape index (κ2) is 8.00. The van der Waals surface area contributed by atoms with Gasteiger partial charge in [0.15, 0.2) is 11.5 Å². The standard InChI is InChI=1S/C20H21FN2O5S/c21-16-3-1-14(2-4-16)12-29(25,26)23-9-7-15(8-10-23)20(24)22-17-5-6-18-19(11-17)28-13-27-18/h1-6,11,15H,7-10,12-13H2,(H,22,24). The lowest BCUT2D eigenvalue weighted by atomic mass is 9.97. The molecule has 0 bridgehead atoms. The number of amides is 1. The molecule has 2 aromatic carbocycles. The summed E-state index contributed by atoms with van der Waals surface area (Å²) in [5.41, 5.74) is 1.15. The average molecular weight is 420 g/mol. The maximum Gasteiger partial charge on any atom is 0.231 e. The number of rotatable bonds is 5. The van der Waals surface area contributed by atoms with E-state index in [1.54, 1.807) is 18.2 Å². The molecule has 1 N–H and O–H groups in total. The smallest absolute Gasteiger partial charge is 0.231 e. The molecule has 29 heavy (non-hydrogen) atoms. The summed E-state index contributed by atoms with van der Waals surface area (Å²) in [6, 6.07) is 10.6. The van der Waals surface area contributed by atoms with Gasteiger partial charge in [-0.1, -0.05) is 12.1 Å². The molecule has 4 rings (SSSR count). The lowest BCUT2D eigenvalue weighted by Gasteiger charge is -2.30. The molecule has 0 aromatic heterocycles. The first-order valence-electron chi connectivity index (χ1n) is 9.33. The van der Waals surface area contributed by atoms with Gasteiger partial charge in [0.1, 0.15) is 5.82 Å². The second-order valence-electron chi connectivity index (χ2n) is 7.11. The van der Waals surface area contributed by atoms with Gasteiger partial charge in [-0.3, -0.25) is 4.79 Å². The predicted molar refractivity (Wildman–Crippen MR) is 105 cm³/mol. The fourth-order valence-corrected chi connectivity index (χ4v) is 5.06. The first-order chi connectivity index (χ1) is 13.9. The van der Waals surface area contributed by atoms with Crippen LogP contribution < -0.4 is 14.8 Å². The molecule has 2 aliphatic rings. The first kappa shape index (κ1) is 19.7. The van der Waals surface area contributed by atoms with Crippen LogP contribution in [-0.4, -0.2) is 38.5 Å². The van der Waals surface area contributed by atoms with Crippen LogP contribution in [0.2, 0.25) is 0 Å². The van der Waals surface area contributed by atoms with Gasteiger partial charge < -0.3 is 14.8 Å². The lowest BCUT2D eigenvalue weighted by molar-refractivity contribution is -0.120. The number of piperidine rings is 1. The second-order valence-corrected chi connectivity index (χ2v) is 9.08. The molecule has 0 saturated carbocycles. The molecule has 2 heterocycles. The quantitative estimate of drug-likeness (QED) is 0.804. The van der Waals surface area contributed by atoms with Crippen LogP contribution in [0.25, 0.3) is 0 Å². The summed E-state index contributed by atoms with van der Waals surface area (Å²) in [4.78, 5) is 12.6. The van der Waals surface area contributed by atoms with Crippen LogP contribution in [0.15, 0.2) is 42.5 Å². The monoisotopic (exact) mass is 420 g/mol. The highest BCUT2D eigenvalue weighted by Gasteiger charge is 2.31. The number of ether oxygens (including phenoxy) is 2. The van der Waals surface area contributed by atoms with Crippen LogP contribution in [0.3, 0.4) is 0 Å². The van der Waals surface area contributed by atoms with Gasteiger partial charge in [-0.25, -0.2) is 17.1 Å². The zero-order chi connectivity index (χ0) is 20.4. The van der Waals surface area contributed by atoms with E-state index in [4.69, 9.17) is 9.47 Å². The van der Waals surface area contributed by atoms with Gasteiger partial charge >= 0.3 is 0 Å². The summed E-state index contributed by atoms with van der Waals surface area (Å²) < 4.78 is 50.2. The highest BCUT2D eigenvalue weighted by atomic mass is 32.2. The van der Waals surface area contributed by atoms with Crippen molar-refractivity contribution < 1.29 is 27.1 Å². The van der Waals surface area contributed by atoms with Gasteiger partial charge in [-0.15, -0.1) is 0 Å². The number of anilines is 1. The number of fused-ring (bicyclic) bond motifs is 1. The molecule has 1 saturated heterocycles. The largest absolute Gasteiger partial charge is 0.454 e. The Hall–Kier alpha value is -2.65. The van der Waals surface area contributed by atoms with E-state index in [9.17, 15) is 17.6 Å².